The van der Waals surface area contributed by atoms with Crippen LogP contribution >= 0.6 is 15.9 Å². The summed E-state index contributed by atoms with van der Waals surface area (Å²) in [7, 11) is 1.51. The molecule has 2 aromatic rings. The number of carboxylic acids is 1. The van der Waals surface area contributed by atoms with Crippen LogP contribution in [0, 0.1) is 5.82 Å². The number of methoxy groups -OCH3 is 1. The Bertz CT molecular complexity index is 707. The van der Waals surface area contributed by atoms with E-state index in [9.17, 15) is 9.18 Å². The molecule has 2 aromatic carbocycles. The van der Waals surface area contributed by atoms with Crippen LogP contribution in [0.1, 0.15) is 10.4 Å². The van der Waals surface area contributed by atoms with E-state index in [1.807, 2.05) is 0 Å². The van der Waals surface area contributed by atoms with Gasteiger partial charge in [0.1, 0.15) is 11.6 Å². The largest absolute Gasteiger partial charge is 0.497 e. The highest BCUT2D eigenvalue weighted by Gasteiger charge is 2.14. The number of nitrogens with two attached hydrogens (primary N) is 1. The molecule has 0 saturated heterocycles. The summed E-state index contributed by atoms with van der Waals surface area (Å²) >= 11 is 3.32. The summed E-state index contributed by atoms with van der Waals surface area (Å²) in [5.74, 6) is -1.29. The van der Waals surface area contributed by atoms with Gasteiger partial charge in [-0.1, -0.05) is 0 Å². The number of anilines is 3. The van der Waals surface area contributed by atoms with Crippen molar-refractivity contribution in [1.82, 2.24) is 0 Å². The molecule has 0 fully saturated rings. The molecule has 21 heavy (non-hydrogen) atoms. The lowest BCUT2D eigenvalue weighted by Gasteiger charge is -2.12. The molecule has 0 aliphatic heterocycles. The molecule has 2 rings (SSSR count). The van der Waals surface area contributed by atoms with Crippen LogP contribution in [0.15, 0.2) is 34.8 Å². The number of rotatable bonds is 4. The summed E-state index contributed by atoms with van der Waals surface area (Å²) in [6.45, 7) is 0. The Morgan fingerprint density at radius 1 is 1.33 bits per heavy atom. The maximum atomic E-state index is 13.9. The van der Waals surface area contributed by atoms with E-state index >= 15 is 0 Å². The number of nitrogen functional groups attached to an aromatic ring is 1. The lowest BCUT2D eigenvalue weighted by molar-refractivity contribution is 0.0698. The molecule has 0 radical (unpaired) electrons. The van der Waals surface area contributed by atoms with Gasteiger partial charge in [-0.25, -0.2) is 9.18 Å². The van der Waals surface area contributed by atoms with E-state index in [1.165, 1.54) is 7.11 Å². The predicted octanol–water partition coefficient (Wildman–Crippen LogP) is 3.62. The zero-order chi connectivity index (χ0) is 15.6. The number of aromatic carboxylic acids is 1. The second-order valence-electron chi connectivity index (χ2n) is 4.20. The molecule has 0 unspecified atom stereocenters. The first-order chi connectivity index (χ1) is 9.92. The number of benzene rings is 2. The summed E-state index contributed by atoms with van der Waals surface area (Å²) < 4.78 is 19.7. The fourth-order valence-electron chi connectivity index (χ4n) is 1.74. The first-order valence-electron chi connectivity index (χ1n) is 5.85. The maximum Gasteiger partial charge on any atom is 0.337 e. The average molecular weight is 355 g/mol. The Hall–Kier alpha value is -2.28. The molecule has 0 spiro atoms. The first-order valence-corrected chi connectivity index (χ1v) is 6.64. The van der Waals surface area contributed by atoms with E-state index in [4.69, 9.17) is 15.6 Å². The fraction of sp³-hybridized carbons (Fsp3) is 0.0714. The minimum Gasteiger partial charge on any atom is -0.497 e. The molecule has 0 aliphatic rings. The van der Waals surface area contributed by atoms with Crippen molar-refractivity contribution in [3.8, 4) is 5.75 Å². The number of nitrogens with one attached hydrogen (secondary N) is 1. The van der Waals surface area contributed by atoms with Gasteiger partial charge in [-0.05, 0) is 40.2 Å². The first kappa shape index (κ1) is 15.1. The number of hydrogen-bond acceptors (Lipinski definition) is 4. The molecular weight excluding hydrogens is 343 g/mol. The van der Waals surface area contributed by atoms with Crippen molar-refractivity contribution in [2.45, 2.75) is 0 Å². The van der Waals surface area contributed by atoms with Gasteiger partial charge in [-0.15, -0.1) is 0 Å². The van der Waals surface area contributed by atoms with Gasteiger partial charge in [0, 0.05) is 16.2 Å². The van der Waals surface area contributed by atoms with Crippen molar-refractivity contribution < 1.29 is 19.0 Å². The molecule has 0 aliphatic carbocycles. The Morgan fingerprint density at radius 3 is 2.67 bits per heavy atom. The quantitative estimate of drug-likeness (QED) is 0.730. The zero-order valence-corrected chi connectivity index (χ0v) is 12.6. The summed E-state index contributed by atoms with van der Waals surface area (Å²) in [5, 5.41) is 11.8. The minimum absolute atomic E-state index is 0.00977. The molecule has 4 N–H and O–H groups in total. The van der Waals surface area contributed by atoms with E-state index < -0.39 is 11.8 Å². The smallest absolute Gasteiger partial charge is 0.337 e. The molecule has 110 valence electrons. The molecule has 7 heteroatoms. The van der Waals surface area contributed by atoms with Crippen LogP contribution < -0.4 is 15.8 Å². The van der Waals surface area contributed by atoms with Crippen molar-refractivity contribution in [3.05, 3.63) is 46.2 Å². The third-order valence-corrected chi connectivity index (χ3v) is 3.50. The van der Waals surface area contributed by atoms with Crippen molar-refractivity contribution in [1.29, 1.82) is 0 Å². The van der Waals surface area contributed by atoms with Gasteiger partial charge in [0.2, 0.25) is 0 Å². The van der Waals surface area contributed by atoms with E-state index in [2.05, 4.69) is 21.2 Å². The van der Waals surface area contributed by atoms with Gasteiger partial charge in [-0.2, -0.15) is 0 Å². The Labute approximate surface area is 128 Å². The highest BCUT2D eigenvalue weighted by Crippen LogP contribution is 2.32. The van der Waals surface area contributed by atoms with Gasteiger partial charge in [0.05, 0.1) is 24.0 Å². The number of carbonyl (C=O) groups is 1. The molecule has 0 saturated carbocycles. The van der Waals surface area contributed by atoms with Crippen molar-refractivity contribution in [3.63, 3.8) is 0 Å². The third-order valence-electron chi connectivity index (χ3n) is 2.81. The topological polar surface area (TPSA) is 84.6 Å². The Balaban J connectivity index is 2.44. The van der Waals surface area contributed by atoms with Gasteiger partial charge in [-0.3, -0.25) is 0 Å². The van der Waals surface area contributed by atoms with Gasteiger partial charge >= 0.3 is 5.97 Å². The lowest BCUT2D eigenvalue weighted by atomic mass is 10.1. The van der Waals surface area contributed by atoms with E-state index in [0.717, 1.165) is 12.1 Å². The number of hydrogen-bond donors (Lipinski definition) is 3. The van der Waals surface area contributed by atoms with Gasteiger partial charge in [0.15, 0.2) is 0 Å². The molecule has 5 nitrogen and oxygen atoms in total. The third kappa shape index (κ3) is 3.25. The van der Waals surface area contributed by atoms with Crippen molar-refractivity contribution >= 4 is 39.0 Å². The van der Waals surface area contributed by atoms with Gasteiger partial charge < -0.3 is 20.9 Å². The van der Waals surface area contributed by atoms with Crippen LogP contribution in [-0.2, 0) is 0 Å². The normalized spacial score (nSPS) is 10.2. The molecule has 0 amide bonds. The van der Waals surface area contributed by atoms with Crippen LogP contribution in [-0.4, -0.2) is 18.2 Å². The van der Waals surface area contributed by atoms with Crippen LogP contribution in [0.25, 0.3) is 0 Å². The Kier molecular flexibility index (Phi) is 4.32. The van der Waals surface area contributed by atoms with E-state index in [-0.39, 0.29) is 16.9 Å². The highest BCUT2D eigenvalue weighted by molar-refractivity contribution is 9.10. The van der Waals surface area contributed by atoms with E-state index in [1.54, 1.807) is 18.2 Å². The number of halogens is 2. The van der Waals surface area contributed by atoms with Crippen LogP contribution in [0.4, 0.5) is 21.5 Å². The molecular formula is C14H12BrFN2O3. The van der Waals surface area contributed by atoms with Gasteiger partial charge in [0.25, 0.3) is 0 Å². The van der Waals surface area contributed by atoms with Crippen LogP contribution in [0.3, 0.4) is 0 Å². The fourth-order valence-corrected chi connectivity index (χ4v) is 2.09. The standard InChI is InChI=1S/C14H12BrFN2O3/c1-21-7-2-3-9(15)12(4-7)18-13-5-8(14(19)20)11(17)6-10(13)16/h2-6,18H,17H2,1H3,(H,19,20). The second-order valence-corrected chi connectivity index (χ2v) is 5.05. The molecule has 0 heterocycles. The summed E-state index contributed by atoms with van der Waals surface area (Å²) in [6, 6.07) is 7.24. The summed E-state index contributed by atoms with van der Waals surface area (Å²) in [5.41, 5.74) is 5.73. The molecule has 0 aromatic heterocycles. The van der Waals surface area contributed by atoms with E-state index in [0.29, 0.717) is 15.9 Å². The predicted molar refractivity (Wildman–Crippen MR) is 81.7 cm³/mol. The van der Waals surface area contributed by atoms with Crippen LogP contribution in [0.5, 0.6) is 5.75 Å². The van der Waals surface area contributed by atoms with Crippen molar-refractivity contribution in [2.75, 3.05) is 18.2 Å². The number of ether oxygens (including phenoxy) is 1. The summed E-state index contributed by atoms with van der Waals surface area (Å²) in [4.78, 5) is 11.0. The molecule has 0 bridgehead atoms. The van der Waals surface area contributed by atoms with Crippen LogP contribution in [0.2, 0.25) is 0 Å². The molecule has 0 atom stereocenters. The SMILES string of the molecule is COc1ccc(Br)c(Nc2cc(C(=O)O)c(N)cc2F)c1. The average Bonchev–Trinajstić information content (AvgIpc) is 2.43. The minimum atomic E-state index is -1.22. The monoisotopic (exact) mass is 354 g/mol. The second kappa shape index (κ2) is 6.01. The van der Waals surface area contributed by atoms with Crippen molar-refractivity contribution in [2.24, 2.45) is 0 Å². The zero-order valence-electron chi connectivity index (χ0n) is 11.0. The number of carboxylic acid groups (broad SMARTS) is 1. The Morgan fingerprint density at radius 2 is 2.05 bits per heavy atom. The maximum absolute atomic E-state index is 13.9. The lowest BCUT2D eigenvalue weighted by Crippen LogP contribution is -2.05. The summed E-state index contributed by atoms with van der Waals surface area (Å²) in [6.07, 6.45) is 0. The highest BCUT2D eigenvalue weighted by atomic mass is 79.9.